The number of aliphatic hydroxyl groups excluding tert-OH is 1. The van der Waals surface area contributed by atoms with Crippen LogP contribution in [0.3, 0.4) is 0 Å². The van der Waals surface area contributed by atoms with E-state index in [2.05, 4.69) is 22.8 Å². The maximum atomic E-state index is 12.5. The second kappa shape index (κ2) is 15.5. The molecule has 0 aromatic heterocycles. The molecule has 0 unspecified atom stereocenters. The van der Waals surface area contributed by atoms with Crippen LogP contribution in [0.25, 0.3) is 0 Å². The predicted molar refractivity (Wildman–Crippen MR) is 174 cm³/mol. The number of amides is 2. The lowest BCUT2D eigenvalue weighted by atomic mass is 10.0. The highest BCUT2D eigenvalue weighted by atomic mass is 32.2. The molecule has 3 atom stereocenters. The molecule has 1 heterocycles. The van der Waals surface area contributed by atoms with Gasteiger partial charge in [0.2, 0.25) is 11.8 Å². The molecule has 5 rings (SSSR count). The number of carbonyl (C=O) groups is 2. The molecule has 0 saturated carbocycles. The van der Waals surface area contributed by atoms with Crippen molar-refractivity contribution in [3.05, 3.63) is 120 Å². The third-order valence-corrected chi connectivity index (χ3v) is 8.45. The van der Waals surface area contributed by atoms with Crippen LogP contribution in [0.15, 0.2) is 108 Å². The van der Waals surface area contributed by atoms with Crippen molar-refractivity contribution in [2.75, 3.05) is 22.1 Å². The van der Waals surface area contributed by atoms with Crippen LogP contribution in [0, 0.1) is 0 Å². The second-order valence-electron chi connectivity index (χ2n) is 10.6. The topological polar surface area (TPSA) is 123 Å². The third kappa shape index (κ3) is 8.93. The number of anilines is 3. The molecule has 2 amide bonds. The number of para-hydroxylation sites is 2. The fraction of sp³-hybridized carbons (Fsp3) is 0.257. The molecule has 1 saturated heterocycles. The first-order valence-electron chi connectivity index (χ1n) is 14.7. The van der Waals surface area contributed by atoms with Crippen LogP contribution in [0.4, 0.5) is 17.1 Å². The quantitative estimate of drug-likeness (QED) is 0.102. The highest BCUT2D eigenvalue weighted by molar-refractivity contribution is 7.99. The van der Waals surface area contributed by atoms with Gasteiger partial charge in [-0.3, -0.25) is 9.59 Å². The van der Waals surface area contributed by atoms with E-state index in [-0.39, 0.29) is 43.5 Å². The Morgan fingerprint density at radius 3 is 2.16 bits per heavy atom. The smallest absolute Gasteiger partial charge is 0.224 e. The highest BCUT2D eigenvalue weighted by Gasteiger charge is 2.32. The summed E-state index contributed by atoms with van der Waals surface area (Å²) >= 11 is 1.75. The van der Waals surface area contributed by atoms with Gasteiger partial charge in [0.25, 0.3) is 0 Å². The van der Waals surface area contributed by atoms with E-state index in [1.54, 1.807) is 36.0 Å². The maximum Gasteiger partial charge on any atom is 0.224 e. The lowest BCUT2D eigenvalue weighted by Gasteiger charge is -2.36. The number of ether oxygens (including phenoxy) is 2. The molecule has 5 N–H and O–H groups in total. The lowest BCUT2D eigenvalue weighted by Crippen LogP contribution is -2.31. The average molecular weight is 612 g/mol. The van der Waals surface area contributed by atoms with Crippen LogP contribution in [-0.2, 0) is 25.7 Å². The summed E-state index contributed by atoms with van der Waals surface area (Å²) in [5.41, 5.74) is 10.3. The van der Waals surface area contributed by atoms with Crippen molar-refractivity contribution in [1.82, 2.24) is 0 Å². The molecule has 1 fully saturated rings. The van der Waals surface area contributed by atoms with E-state index in [4.69, 9.17) is 15.2 Å². The number of benzene rings is 4. The zero-order chi connectivity index (χ0) is 30.7. The average Bonchev–Trinajstić information content (AvgIpc) is 3.05. The summed E-state index contributed by atoms with van der Waals surface area (Å²) in [6.07, 6.45) is 0.759. The molecule has 0 aliphatic carbocycles. The Labute approximate surface area is 262 Å². The van der Waals surface area contributed by atoms with Crippen molar-refractivity contribution in [1.29, 1.82) is 0 Å². The third-order valence-electron chi connectivity index (χ3n) is 7.30. The van der Waals surface area contributed by atoms with Crippen LogP contribution < -0.4 is 16.4 Å². The molecule has 4 aromatic rings. The van der Waals surface area contributed by atoms with Crippen molar-refractivity contribution >= 4 is 40.6 Å². The fourth-order valence-electron chi connectivity index (χ4n) is 4.91. The summed E-state index contributed by atoms with van der Waals surface area (Å²) in [5, 5.41) is 15.1. The molecule has 228 valence electrons. The largest absolute Gasteiger partial charge is 0.397 e. The fourth-order valence-corrected chi connectivity index (χ4v) is 5.85. The molecule has 4 aromatic carbocycles. The Hall–Kier alpha value is -4.15. The number of carbonyl (C=O) groups excluding carboxylic acids is 2. The van der Waals surface area contributed by atoms with Crippen LogP contribution in [0.5, 0.6) is 0 Å². The molecule has 0 radical (unpaired) electrons. The monoisotopic (exact) mass is 611 g/mol. The second-order valence-corrected chi connectivity index (χ2v) is 11.7. The van der Waals surface area contributed by atoms with E-state index >= 15 is 0 Å². The molecular formula is C35H37N3O5S. The van der Waals surface area contributed by atoms with Crippen LogP contribution in [0.1, 0.15) is 54.8 Å². The number of nitrogen functional groups attached to an aromatic ring is 1. The lowest BCUT2D eigenvalue weighted by molar-refractivity contribution is -0.245. The van der Waals surface area contributed by atoms with Gasteiger partial charge in [-0.05, 0) is 53.9 Å². The summed E-state index contributed by atoms with van der Waals surface area (Å²) < 4.78 is 12.9. The van der Waals surface area contributed by atoms with Gasteiger partial charge in [0.1, 0.15) is 0 Å². The Morgan fingerprint density at radius 2 is 1.45 bits per heavy atom. The van der Waals surface area contributed by atoms with Crippen LogP contribution in [0.2, 0.25) is 0 Å². The summed E-state index contributed by atoms with van der Waals surface area (Å²) in [4.78, 5) is 26.0. The Morgan fingerprint density at radius 1 is 0.795 bits per heavy atom. The molecule has 8 nitrogen and oxygen atoms in total. The maximum absolute atomic E-state index is 12.5. The van der Waals surface area contributed by atoms with Gasteiger partial charge >= 0.3 is 0 Å². The summed E-state index contributed by atoms with van der Waals surface area (Å²) in [6.45, 7) is -0.00405. The Balaban J connectivity index is 1.16. The summed E-state index contributed by atoms with van der Waals surface area (Å²) in [5.74, 6) is 0.426. The molecule has 1 aliphatic heterocycles. The van der Waals surface area contributed by atoms with E-state index in [0.29, 0.717) is 29.9 Å². The minimum atomic E-state index is -0.574. The van der Waals surface area contributed by atoms with Gasteiger partial charge in [0, 0.05) is 41.2 Å². The van der Waals surface area contributed by atoms with Crippen molar-refractivity contribution in [3.8, 4) is 0 Å². The zero-order valence-electron chi connectivity index (χ0n) is 24.4. The molecule has 0 spiro atoms. The first-order valence-corrected chi connectivity index (χ1v) is 15.7. The number of thioether (sulfide) groups is 1. The SMILES string of the molecule is Nc1ccccc1NC(=O)CCCC(=O)Nc1ccc([C@@H]2O[C@H](CSc3ccccc3)C[C@H](c3ccc(CO)cc3)O2)cc1. The molecule has 44 heavy (non-hydrogen) atoms. The van der Waals surface area contributed by atoms with Crippen molar-refractivity contribution < 1.29 is 24.2 Å². The zero-order valence-corrected chi connectivity index (χ0v) is 25.2. The number of aliphatic hydroxyl groups is 1. The van der Waals surface area contributed by atoms with Gasteiger partial charge in [0.05, 0.1) is 30.2 Å². The van der Waals surface area contributed by atoms with E-state index in [1.807, 2.05) is 66.7 Å². The van der Waals surface area contributed by atoms with E-state index in [0.717, 1.165) is 22.4 Å². The normalized spacial score (nSPS) is 18.0. The van der Waals surface area contributed by atoms with Gasteiger partial charge < -0.3 is 30.9 Å². The molecule has 1 aliphatic rings. The first kappa shape index (κ1) is 31.3. The summed E-state index contributed by atoms with van der Waals surface area (Å²) in [7, 11) is 0. The number of nitrogens with two attached hydrogens (primary N) is 1. The van der Waals surface area contributed by atoms with Gasteiger partial charge in [-0.2, -0.15) is 0 Å². The number of hydrogen-bond acceptors (Lipinski definition) is 7. The predicted octanol–water partition coefficient (Wildman–Crippen LogP) is 6.85. The molecular weight excluding hydrogens is 574 g/mol. The first-order chi connectivity index (χ1) is 21.5. The summed E-state index contributed by atoms with van der Waals surface area (Å²) in [6, 6.07) is 32.6. The van der Waals surface area contributed by atoms with Gasteiger partial charge in [-0.15, -0.1) is 11.8 Å². The van der Waals surface area contributed by atoms with E-state index in [1.165, 1.54) is 4.90 Å². The van der Waals surface area contributed by atoms with Gasteiger partial charge in [-0.25, -0.2) is 0 Å². The molecule has 9 heteroatoms. The van der Waals surface area contributed by atoms with Crippen molar-refractivity contribution in [2.24, 2.45) is 0 Å². The molecule has 0 bridgehead atoms. The number of nitrogens with one attached hydrogen (secondary N) is 2. The van der Waals surface area contributed by atoms with Crippen molar-refractivity contribution in [2.45, 2.75) is 55.7 Å². The van der Waals surface area contributed by atoms with Crippen molar-refractivity contribution in [3.63, 3.8) is 0 Å². The van der Waals surface area contributed by atoms with Gasteiger partial charge in [-0.1, -0.05) is 66.7 Å². The standard InChI is InChI=1S/C35H37N3O5S/c36-30-9-4-5-10-31(30)38-34(41)12-6-11-33(40)37-27-19-17-26(18-20-27)35-42-28(23-44-29-7-2-1-3-8-29)21-32(43-35)25-15-13-24(22-39)14-16-25/h1-5,7-10,13-20,28,32,35,39H,6,11-12,21-23,36H2,(H,37,40)(H,38,41)/t28-,32+,35+/m0/s1. The minimum Gasteiger partial charge on any atom is -0.397 e. The number of hydrogen-bond donors (Lipinski definition) is 4. The van der Waals surface area contributed by atoms with Crippen LogP contribution >= 0.6 is 11.8 Å². The van der Waals surface area contributed by atoms with Gasteiger partial charge in [0.15, 0.2) is 6.29 Å². The Bertz CT molecular complexity index is 1520. The van der Waals surface area contributed by atoms with E-state index in [9.17, 15) is 14.7 Å². The van der Waals surface area contributed by atoms with E-state index < -0.39 is 6.29 Å². The highest BCUT2D eigenvalue weighted by Crippen LogP contribution is 2.39. The van der Waals surface area contributed by atoms with Crippen LogP contribution in [-0.4, -0.2) is 28.8 Å². The number of rotatable bonds is 12. The Kier molecular flexibility index (Phi) is 11.0. The minimum absolute atomic E-state index is 0.00405.